The van der Waals surface area contributed by atoms with Crippen LogP contribution in [0.4, 0.5) is 5.82 Å². The van der Waals surface area contributed by atoms with Gasteiger partial charge in [0.2, 0.25) is 0 Å². The predicted molar refractivity (Wildman–Crippen MR) is 73.8 cm³/mol. The summed E-state index contributed by atoms with van der Waals surface area (Å²) in [5, 5.41) is 9.42. The topological polar surface area (TPSA) is 53.4 Å². The first kappa shape index (κ1) is 12.2. The number of rotatable bonds is 5. The van der Waals surface area contributed by atoms with Gasteiger partial charge < -0.3 is 10.0 Å². The van der Waals surface area contributed by atoms with Crippen LogP contribution in [0.15, 0.2) is 18.7 Å². The van der Waals surface area contributed by atoms with Crippen molar-refractivity contribution in [2.24, 2.45) is 0 Å². The van der Waals surface area contributed by atoms with E-state index in [0.717, 1.165) is 43.4 Å². The van der Waals surface area contributed by atoms with Gasteiger partial charge in [-0.25, -0.2) is 9.78 Å². The van der Waals surface area contributed by atoms with Crippen LogP contribution in [0.3, 0.4) is 0 Å². The molecule has 0 spiro atoms. The number of pyridine rings is 1. The van der Waals surface area contributed by atoms with Crippen molar-refractivity contribution in [2.75, 3.05) is 11.4 Å². The van der Waals surface area contributed by atoms with Crippen LogP contribution in [0, 0.1) is 0 Å². The van der Waals surface area contributed by atoms with Crippen LogP contribution < -0.4 is 4.90 Å². The molecule has 2 aliphatic carbocycles. The molecule has 0 amide bonds. The number of aryl methyl sites for hydroxylation is 2. The SMILES string of the molecule is C=CCN(c1nc2c(cc1C(=O)O)CCC2)C1CC1. The van der Waals surface area contributed by atoms with Crippen molar-refractivity contribution in [3.05, 3.63) is 35.5 Å². The average molecular weight is 258 g/mol. The Kier molecular flexibility index (Phi) is 3.01. The van der Waals surface area contributed by atoms with E-state index in [1.165, 1.54) is 0 Å². The van der Waals surface area contributed by atoms with Gasteiger partial charge in [-0.2, -0.15) is 0 Å². The van der Waals surface area contributed by atoms with Gasteiger partial charge in [0.15, 0.2) is 0 Å². The highest BCUT2D eigenvalue weighted by molar-refractivity contribution is 5.94. The van der Waals surface area contributed by atoms with E-state index in [4.69, 9.17) is 0 Å². The first-order chi connectivity index (χ1) is 9.20. The summed E-state index contributed by atoms with van der Waals surface area (Å²) < 4.78 is 0. The number of aromatic carboxylic acids is 1. The van der Waals surface area contributed by atoms with Gasteiger partial charge in [0.1, 0.15) is 11.4 Å². The molecule has 0 aliphatic heterocycles. The van der Waals surface area contributed by atoms with E-state index in [1.807, 2.05) is 12.1 Å². The quantitative estimate of drug-likeness (QED) is 0.824. The van der Waals surface area contributed by atoms with E-state index in [0.29, 0.717) is 24.0 Å². The Hall–Kier alpha value is -1.84. The second-order valence-corrected chi connectivity index (χ2v) is 5.30. The minimum absolute atomic E-state index is 0.342. The van der Waals surface area contributed by atoms with Crippen molar-refractivity contribution in [3.8, 4) is 0 Å². The summed E-state index contributed by atoms with van der Waals surface area (Å²) in [4.78, 5) is 18.2. The Balaban J connectivity index is 2.06. The number of carbonyl (C=O) groups is 1. The Labute approximate surface area is 112 Å². The van der Waals surface area contributed by atoms with E-state index in [-0.39, 0.29) is 0 Å². The molecule has 0 atom stereocenters. The van der Waals surface area contributed by atoms with Gasteiger partial charge >= 0.3 is 5.97 Å². The Bertz CT molecular complexity index is 535. The molecular weight excluding hydrogens is 240 g/mol. The van der Waals surface area contributed by atoms with Gasteiger partial charge in [-0.15, -0.1) is 6.58 Å². The lowest BCUT2D eigenvalue weighted by Crippen LogP contribution is -2.29. The smallest absolute Gasteiger partial charge is 0.339 e. The van der Waals surface area contributed by atoms with Gasteiger partial charge in [0.25, 0.3) is 0 Å². The van der Waals surface area contributed by atoms with E-state index in [2.05, 4.69) is 16.5 Å². The Morgan fingerprint density at radius 2 is 2.32 bits per heavy atom. The summed E-state index contributed by atoms with van der Waals surface area (Å²) in [5.74, 6) is -0.248. The average Bonchev–Trinajstić information content (AvgIpc) is 3.12. The zero-order valence-electron chi connectivity index (χ0n) is 10.9. The minimum atomic E-state index is -0.882. The molecule has 4 heteroatoms. The highest BCUT2D eigenvalue weighted by Gasteiger charge is 2.32. The molecule has 1 saturated carbocycles. The molecule has 1 N–H and O–H groups in total. The fraction of sp³-hybridized carbons (Fsp3) is 0.467. The zero-order valence-corrected chi connectivity index (χ0v) is 10.9. The van der Waals surface area contributed by atoms with Crippen molar-refractivity contribution in [3.63, 3.8) is 0 Å². The molecule has 1 fully saturated rings. The number of carboxylic acids is 1. The summed E-state index contributed by atoms with van der Waals surface area (Å²) in [7, 11) is 0. The van der Waals surface area contributed by atoms with E-state index < -0.39 is 5.97 Å². The summed E-state index contributed by atoms with van der Waals surface area (Å²) in [6, 6.07) is 2.26. The van der Waals surface area contributed by atoms with Gasteiger partial charge in [0, 0.05) is 18.3 Å². The minimum Gasteiger partial charge on any atom is -0.478 e. The highest BCUT2D eigenvalue weighted by atomic mass is 16.4. The molecule has 3 rings (SSSR count). The largest absolute Gasteiger partial charge is 0.478 e. The van der Waals surface area contributed by atoms with Crippen LogP contribution >= 0.6 is 0 Å². The van der Waals surface area contributed by atoms with Crippen LogP contribution in [0.25, 0.3) is 0 Å². The second kappa shape index (κ2) is 4.68. The maximum Gasteiger partial charge on any atom is 0.339 e. The van der Waals surface area contributed by atoms with E-state index in [9.17, 15) is 9.90 Å². The third-order valence-electron chi connectivity index (χ3n) is 3.85. The molecule has 1 heterocycles. The van der Waals surface area contributed by atoms with Crippen LogP contribution in [-0.2, 0) is 12.8 Å². The third-order valence-corrected chi connectivity index (χ3v) is 3.85. The molecule has 0 bridgehead atoms. The van der Waals surface area contributed by atoms with Gasteiger partial charge in [0.05, 0.1) is 0 Å². The number of carboxylic acid groups (broad SMARTS) is 1. The normalized spacial score (nSPS) is 17.1. The molecular formula is C15H18N2O2. The molecule has 0 aromatic carbocycles. The summed E-state index contributed by atoms with van der Waals surface area (Å²) >= 11 is 0. The fourth-order valence-corrected chi connectivity index (χ4v) is 2.77. The summed E-state index contributed by atoms with van der Waals surface area (Å²) in [6.45, 7) is 4.43. The van der Waals surface area contributed by atoms with Gasteiger partial charge in [-0.3, -0.25) is 0 Å². The zero-order chi connectivity index (χ0) is 13.4. The van der Waals surface area contributed by atoms with Crippen molar-refractivity contribution in [1.82, 2.24) is 4.98 Å². The summed E-state index contributed by atoms with van der Waals surface area (Å²) in [6.07, 6.45) is 7.05. The molecule has 0 unspecified atom stereocenters. The molecule has 0 radical (unpaired) electrons. The molecule has 2 aliphatic rings. The second-order valence-electron chi connectivity index (χ2n) is 5.30. The number of anilines is 1. The number of hydrogen-bond acceptors (Lipinski definition) is 3. The fourth-order valence-electron chi connectivity index (χ4n) is 2.77. The Morgan fingerprint density at radius 1 is 1.53 bits per heavy atom. The predicted octanol–water partition coefficient (Wildman–Crippen LogP) is 2.42. The molecule has 0 saturated heterocycles. The lowest BCUT2D eigenvalue weighted by molar-refractivity contribution is 0.0697. The maximum atomic E-state index is 11.5. The number of aromatic nitrogens is 1. The van der Waals surface area contributed by atoms with Gasteiger partial charge in [-0.1, -0.05) is 6.08 Å². The molecule has 4 nitrogen and oxygen atoms in total. The molecule has 19 heavy (non-hydrogen) atoms. The molecule has 1 aromatic rings. The monoisotopic (exact) mass is 258 g/mol. The Morgan fingerprint density at radius 3 is 2.95 bits per heavy atom. The van der Waals surface area contributed by atoms with Crippen LogP contribution in [0.1, 0.15) is 40.9 Å². The summed E-state index contributed by atoms with van der Waals surface area (Å²) in [5.41, 5.74) is 2.53. The van der Waals surface area contributed by atoms with Crippen molar-refractivity contribution < 1.29 is 9.90 Å². The van der Waals surface area contributed by atoms with E-state index >= 15 is 0 Å². The van der Waals surface area contributed by atoms with Crippen LogP contribution in [-0.4, -0.2) is 28.6 Å². The first-order valence-electron chi connectivity index (χ1n) is 6.84. The lowest BCUT2D eigenvalue weighted by atomic mass is 10.1. The van der Waals surface area contributed by atoms with Crippen LogP contribution in [0.5, 0.6) is 0 Å². The van der Waals surface area contributed by atoms with Crippen molar-refractivity contribution in [1.29, 1.82) is 0 Å². The molecule has 100 valence electrons. The van der Waals surface area contributed by atoms with Gasteiger partial charge in [-0.05, 0) is 43.7 Å². The van der Waals surface area contributed by atoms with Crippen molar-refractivity contribution >= 4 is 11.8 Å². The first-order valence-corrected chi connectivity index (χ1v) is 6.84. The number of fused-ring (bicyclic) bond motifs is 1. The standard InChI is InChI=1S/C15H18N2O2/c1-2-8-17(11-6-7-11)14-12(15(18)19)9-10-4-3-5-13(10)16-14/h2,9,11H,1,3-8H2,(H,18,19). The maximum absolute atomic E-state index is 11.5. The van der Waals surface area contributed by atoms with Crippen LogP contribution in [0.2, 0.25) is 0 Å². The number of nitrogens with zero attached hydrogens (tertiary/aromatic N) is 2. The lowest BCUT2D eigenvalue weighted by Gasteiger charge is -2.24. The van der Waals surface area contributed by atoms with E-state index in [1.54, 1.807) is 0 Å². The highest BCUT2D eigenvalue weighted by Crippen LogP contribution is 2.34. The third kappa shape index (κ3) is 2.23. The number of hydrogen-bond donors (Lipinski definition) is 1. The van der Waals surface area contributed by atoms with Crippen molar-refractivity contribution in [2.45, 2.75) is 38.1 Å². The molecule has 1 aromatic heterocycles.